The first-order valence-corrected chi connectivity index (χ1v) is 6.35. The Bertz CT molecular complexity index is 650. The van der Waals surface area contributed by atoms with Crippen molar-refractivity contribution in [1.82, 2.24) is 4.90 Å². The number of nitrogens with one attached hydrogen (secondary N) is 1. The number of carbonyl (C=O) groups excluding carboxylic acids is 1. The van der Waals surface area contributed by atoms with Crippen LogP contribution in [-0.2, 0) is 6.54 Å². The molecule has 6 heteroatoms. The zero-order valence-corrected chi connectivity index (χ0v) is 11.8. The molecular formula is C15H16N2O4. The number of rotatable bonds is 4. The fourth-order valence-corrected chi connectivity index (χ4v) is 1.94. The van der Waals surface area contributed by atoms with Gasteiger partial charge in [0.05, 0.1) is 30.3 Å². The Labute approximate surface area is 122 Å². The molecule has 2 amide bonds. The van der Waals surface area contributed by atoms with Crippen molar-refractivity contribution in [2.45, 2.75) is 13.5 Å². The van der Waals surface area contributed by atoms with Crippen molar-refractivity contribution in [2.75, 3.05) is 12.4 Å². The number of amides is 2. The molecule has 2 rings (SSSR count). The van der Waals surface area contributed by atoms with Gasteiger partial charge in [-0.05, 0) is 24.6 Å². The van der Waals surface area contributed by atoms with Crippen LogP contribution in [0.25, 0.3) is 0 Å². The third-order valence-corrected chi connectivity index (χ3v) is 3.08. The molecule has 0 saturated carbocycles. The zero-order valence-electron chi connectivity index (χ0n) is 11.8. The summed E-state index contributed by atoms with van der Waals surface area (Å²) in [5, 5.41) is 11.8. The van der Waals surface area contributed by atoms with E-state index in [4.69, 9.17) is 4.42 Å². The first-order chi connectivity index (χ1) is 9.99. The number of furan rings is 1. The van der Waals surface area contributed by atoms with Crippen LogP contribution in [0.4, 0.5) is 10.5 Å². The van der Waals surface area contributed by atoms with Crippen molar-refractivity contribution in [2.24, 2.45) is 0 Å². The number of carbonyl (C=O) groups is 2. The van der Waals surface area contributed by atoms with Crippen molar-refractivity contribution < 1.29 is 19.1 Å². The summed E-state index contributed by atoms with van der Waals surface area (Å²) in [6.45, 7) is 2.12. The molecule has 1 aromatic carbocycles. The van der Waals surface area contributed by atoms with Gasteiger partial charge in [0.2, 0.25) is 0 Å². The van der Waals surface area contributed by atoms with Gasteiger partial charge in [-0.15, -0.1) is 0 Å². The highest BCUT2D eigenvalue weighted by Crippen LogP contribution is 2.21. The molecule has 0 spiro atoms. The number of nitrogens with zero attached hydrogens (tertiary/aromatic N) is 1. The summed E-state index contributed by atoms with van der Waals surface area (Å²) in [6, 6.07) is 6.23. The van der Waals surface area contributed by atoms with Gasteiger partial charge in [-0.3, -0.25) is 0 Å². The Morgan fingerprint density at radius 2 is 2.10 bits per heavy atom. The highest BCUT2D eigenvalue weighted by Gasteiger charge is 2.16. The van der Waals surface area contributed by atoms with Crippen LogP contribution in [0.2, 0.25) is 0 Å². The molecule has 2 N–H and O–H groups in total. The molecule has 110 valence electrons. The number of urea groups is 1. The van der Waals surface area contributed by atoms with Crippen LogP contribution >= 0.6 is 0 Å². The van der Waals surface area contributed by atoms with Gasteiger partial charge in [-0.1, -0.05) is 12.1 Å². The maximum Gasteiger partial charge on any atom is 0.337 e. The minimum atomic E-state index is -1.08. The van der Waals surface area contributed by atoms with E-state index in [-0.39, 0.29) is 11.6 Å². The molecule has 0 aliphatic heterocycles. The van der Waals surface area contributed by atoms with Crippen molar-refractivity contribution in [3.63, 3.8) is 0 Å². The molecule has 0 radical (unpaired) electrons. The van der Waals surface area contributed by atoms with Crippen molar-refractivity contribution in [3.8, 4) is 0 Å². The van der Waals surface area contributed by atoms with Crippen molar-refractivity contribution in [3.05, 3.63) is 53.5 Å². The lowest BCUT2D eigenvalue weighted by atomic mass is 10.1. The molecule has 6 nitrogen and oxygen atoms in total. The van der Waals surface area contributed by atoms with Crippen LogP contribution in [-0.4, -0.2) is 29.1 Å². The molecule has 0 fully saturated rings. The van der Waals surface area contributed by atoms with Gasteiger partial charge in [0.25, 0.3) is 0 Å². The average Bonchev–Trinajstić information content (AvgIpc) is 2.93. The topological polar surface area (TPSA) is 82.8 Å². The number of benzene rings is 1. The molecule has 1 aromatic heterocycles. The lowest BCUT2D eigenvalue weighted by molar-refractivity contribution is 0.0698. The summed E-state index contributed by atoms with van der Waals surface area (Å²) in [7, 11) is 1.63. The number of carboxylic acid groups (broad SMARTS) is 1. The number of aryl methyl sites for hydroxylation is 1. The maximum atomic E-state index is 12.2. The second-order valence-corrected chi connectivity index (χ2v) is 4.72. The Balaban J connectivity index is 2.14. The Morgan fingerprint density at radius 1 is 1.33 bits per heavy atom. The fraction of sp³-hybridized carbons (Fsp3) is 0.200. The van der Waals surface area contributed by atoms with E-state index in [1.165, 1.54) is 17.2 Å². The number of hydrogen-bond acceptors (Lipinski definition) is 3. The molecule has 0 bridgehead atoms. The van der Waals surface area contributed by atoms with E-state index >= 15 is 0 Å². The summed E-state index contributed by atoms with van der Waals surface area (Å²) >= 11 is 0. The van der Waals surface area contributed by atoms with Crippen LogP contribution in [0, 0.1) is 6.92 Å². The molecule has 0 unspecified atom stereocenters. The van der Waals surface area contributed by atoms with E-state index in [9.17, 15) is 14.7 Å². The second kappa shape index (κ2) is 6.13. The summed E-state index contributed by atoms with van der Waals surface area (Å²) < 4.78 is 4.95. The fourth-order valence-electron chi connectivity index (χ4n) is 1.94. The Kier molecular flexibility index (Phi) is 4.27. The standard InChI is InChI=1S/C15H16N2O4/c1-10-4-3-5-12(14(18)19)13(10)16-15(20)17(2)8-11-6-7-21-9-11/h3-7,9H,8H2,1-2H3,(H,16,20)(H,18,19). The normalized spacial score (nSPS) is 10.2. The smallest absolute Gasteiger partial charge is 0.337 e. The SMILES string of the molecule is Cc1cccc(C(=O)O)c1NC(=O)N(C)Cc1ccoc1. The lowest BCUT2D eigenvalue weighted by Crippen LogP contribution is -2.31. The third-order valence-electron chi connectivity index (χ3n) is 3.08. The predicted octanol–water partition coefficient (Wildman–Crippen LogP) is 2.95. The second-order valence-electron chi connectivity index (χ2n) is 4.72. The minimum Gasteiger partial charge on any atom is -0.478 e. The van der Waals surface area contributed by atoms with Gasteiger partial charge in [0.15, 0.2) is 0 Å². The van der Waals surface area contributed by atoms with E-state index in [2.05, 4.69) is 5.32 Å². The molecule has 2 aromatic rings. The number of anilines is 1. The molecular weight excluding hydrogens is 272 g/mol. The van der Waals surface area contributed by atoms with E-state index < -0.39 is 5.97 Å². The van der Waals surface area contributed by atoms with Gasteiger partial charge >= 0.3 is 12.0 Å². The van der Waals surface area contributed by atoms with Gasteiger partial charge < -0.3 is 19.7 Å². The van der Waals surface area contributed by atoms with Crippen molar-refractivity contribution in [1.29, 1.82) is 0 Å². The number of hydrogen-bond donors (Lipinski definition) is 2. The average molecular weight is 288 g/mol. The maximum absolute atomic E-state index is 12.2. The van der Waals surface area contributed by atoms with Gasteiger partial charge in [-0.25, -0.2) is 9.59 Å². The molecule has 21 heavy (non-hydrogen) atoms. The van der Waals surface area contributed by atoms with Crippen molar-refractivity contribution >= 4 is 17.7 Å². The summed E-state index contributed by atoms with van der Waals surface area (Å²) in [5.41, 5.74) is 1.94. The molecule has 0 aliphatic rings. The number of carboxylic acids is 1. The number of para-hydroxylation sites is 1. The van der Waals surface area contributed by atoms with Crippen LogP contribution < -0.4 is 5.32 Å². The quantitative estimate of drug-likeness (QED) is 0.906. The molecule has 1 heterocycles. The van der Waals surface area contributed by atoms with E-state index in [1.54, 1.807) is 38.4 Å². The van der Waals surface area contributed by atoms with Crippen LogP contribution in [0.15, 0.2) is 41.2 Å². The van der Waals surface area contributed by atoms with Gasteiger partial charge in [-0.2, -0.15) is 0 Å². The van der Waals surface area contributed by atoms with Crippen LogP contribution in [0.1, 0.15) is 21.5 Å². The van der Waals surface area contributed by atoms with E-state index in [1.807, 2.05) is 0 Å². The highest BCUT2D eigenvalue weighted by molar-refractivity contribution is 6.00. The highest BCUT2D eigenvalue weighted by atomic mass is 16.4. The van der Waals surface area contributed by atoms with Crippen LogP contribution in [0.5, 0.6) is 0 Å². The Morgan fingerprint density at radius 3 is 2.71 bits per heavy atom. The van der Waals surface area contributed by atoms with Crippen LogP contribution in [0.3, 0.4) is 0 Å². The summed E-state index contributed by atoms with van der Waals surface area (Å²) in [6.07, 6.45) is 3.09. The molecule has 0 aliphatic carbocycles. The van der Waals surface area contributed by atoms with E-state index in [0.717, 1.165) is 5.56 Å². The summed E-state index contributed by atoms with van der Waals surface area (Å²) in [4.78, 5) is 24.8. The number of aromatic carboxylic acids is 1. The Hall–Kier alpha value is -2.76. The van der Waals surface area contributed by atoms with Gasteiger partial charge in [0, 0.05) is 12.6 Å². The van der Waals surface area contributed by atoms with Gasteiger partial charge in [0.1, 0.15) is 0 Å². The first-order valence-electron chi connectivity index (χ1n) is 6.35. The first kappa shape index (κ1) is 14.6. The monoisotopic (exact) mass is 288 g/mol. The molecule has 0 atom stereocenters. The largest absolute Gasteiger partial charge is 0.478 e. The van der Waals surface area contributed by atoms with E-state index in [0.29, 0.717) is 17.8 Å². The predicted molar refractivity (Wildman–Crippen MR) is 77.3 cm³/mol. The third kappa shape index (κ3) is 3.42. The molecule has 0 saturated heterocycles. The lowest BCUT2D eigenvalue weighted by Gasteiger charge is -2.19. The summed E-state index contributed by atoms with van der Waals surface area (Å²) in [5.74, 6) is -1.08. The minimum absolute atomic E-state index is 0.0695. The zero-order chi connectivity index (χ0) is 15.4.